The van der Waals surface area contributed by atoms with Crippen LogP contribution in [0.4, 0.5) is 11.4 Å². The molecule has 6 heteroatoms. The molecule has 0 bridgehead atoms. The summed E-state index contributed by atoms with van der Waals surface area (Å²) in [4.78, 5) is 12.3. The number of carbonyl (C=O) groups excluding carboxylic acids is 1. The minimum absolute atomic E-state index is 0.154. The molecule has 1 amide bonds. The van der Waals surface area contributed by atoms with Crippen molar-refractivity contribution in [3.8, 4) is 11.3 Å². The summed E-state index contributed by atoms with van der Waals surface area (Å²) in [7, 11) is 0. The molecule has 3 aromatic rings. The molecule has 2 aromatic carbocycles. The van der Waals surface area contributed by atoms with Crippen molar-refractivity contribution < 1.29 is 9.21 Å². The first-order chi connectivity index (χ1) is 11.5. The van der Waals surface area contributed by atoms with Crippen LogP contribution in [0.3, 0.4) is 0 Å². The van der Waals surface area contributed by atoms with Crippen molar-refractivity contribution in [3.63, 3.8) is 0 Å². The number of anilines is 2. The van der Waals surface area contributed by atoms with Crippen molar-refractivity contribution in [2.45, 2.75) is 6.92 Å². The summed E-state index contributed by atoms with van der Waals surface area (Å²) in [5.41, 5.74) is 8.57. The van der Waals surface area contributed by atoms with Gasteiger partial charge in [-0.15, -0.1) is 0 Å². The van der Waals surface area contributed by atoms with Crippen LogP contribution in [-0.2, 0) is 0 Å². The molecule has 4 nitrogen and oxygen atoms in total. The lowest BCUT2D eigenvalue weighted by Gasteiger charge is -2.07. The van der Waals surface area contributed by atoms with E-state index in [1.54, 1.807) is 42.5 Å². The lowest BCUT2D eigenvalue weighted by Crippen LogP contribution is -2.12. The highest BCUT2D eigenvalue weighted by atomic mass is 35.5. The zero-order valence-corrected chi connectivity index (χ0v) is 14.3. The number of nitrogen functional groups attached to an aromatic ring is 1. The highest BCUT2D eigenvalue weighted by Crippen LogP contribution is 2.34. The topological polar surface area (TPSA) is 68.3 Å². The molecule has 0 spiro atoms. The second-order valence-corrected chi connectivity index (χ2v) is 6.10. The van der Waals surface area contributed by atoms with Crippen molar-refractivity contribution in [1.29, 1.82) is 0 Å². The molecule has 1 aromatic heterocycles. The molecular weight excluding hydrogens is 347 g/mol. The highest BCUT2D eigenvalue weighted by molar-refractivity contribution is 6.43. The third kappa shape index (κ3) is 3.25. The number of hydrogen-bond acceptors (Lipinski definition) is 3. The predicted octanol–water partition coefficient (Wildman–Crippen LogP) is 5.40. The van der Waals surface area contributed by atoms with E-state index in [9.17, 15) is 4.79 Å². The van der Waals surface area contributed by atoms with Crippen LogP contribution in [0.25, 0.3) is 11.3 Å². The number of carbonyl (C=O) groups is 1. The number of halogens is 2. The maximum atomic E-state index is 12.3. The van der Waals surface area contributed by atoms with Crippen LogP contribution in [0.15, 0.2) is 52.9 Å². The van der Waals surface area contributed by atoms with Gasteiger partial charge in [-0.05, 0) is 48.9 Å². The van der Waals surface area contributed by atoms with Gasteiger partial charge in [-0.1, -0.05) is 35.3 Å². The first-order valence-electron chi connectivity index (χ1n) is 7.17. The molecule has 24 heavy (non-hydrogen) atoms. The number of nitrogens with one attached hydrogen (secondary N) is 1. The van der Waals surface area contributed by atoms with E-state index in [0.29, 0.717) is 32.7 Å². The molecule has 0 aliphatic heterocycles. The predicted molar refractivity (Wildman–Crippen MR) is 97.7 cm³/mol. The third-order valence-electron chi connectivity index (χ3n) is 3.50. The zero-order valence-electron chi connectivity index (χ0n) is 12.8. The Kier molecular flexibility index (Phi) is 4.51. The maximum absolute atomic E-state index is 12.3. The SMILES string of the molecule is Cc1ccc(NC(=O)c2ccc(-c3cccc(Cl)c3Cl)o2)c(N)c1. The van der Waals surface area contributed by atoms with Gasteiger partial charge in [0.1, 0.15) is 5.76 Å². The van der Waals surface area contributed by atoms with Gasteiger partial charge in [-0.25, -0.2) is 0 Å². The second-order valence-electron chi connectivity index (χ2n) is 5.31. The minimum Gasteiger partial charge on any atom is -0.451 e. The van der Waals surface area contributed by atoms with Crippen molar-refractivity contribution in [1.82, 2.24) is 0 Å². The van der Waals surface area contributed by atoms with Crippen LogP contribution in [-0.4, -0.2) is 5.91 Å². The summed E-state index contributed by atoms with van der Waals surface area (Å²) in [5.74, 6) is 0.223. The van der Waals surface area contributed by atoms with Crippen LogP contribution >= 0.6 is 23.2 Å². The molecule has 3 N–H and O–H groups in total. The number of amides is 1. The number of rotatable bonds is 3. The molecule has 0 fully saturated rings. The number of hydrogen-bond donors (Lipinski definition) is 2. The molecule has 0 aliphatic rings. The fourth-order valence-electron chi connectivity index (χ4n) is 2.28. The maximum Gasteiger partial charge on any atom is 0.291 e. The number of aryl methyl sites for hydroxylation is 1. The highest BCUT2D eigenvalue weighted by Gasteiger charge is 2.16. The summed E-state index contributed by atoms with van der Waals surface area (Å²) < 4.78 is 5.61. The Morgan fingerprint density at radius 2 is 1.92 bits per heavy atom. The van der Waals surface area contributed by atoms with E-state index < -0.39 is 5.91 Å². The van der Waals surface area contributed by atoms with Gasteiger partial charge in [0.05, 0.1) is 21.4 Å². The van der Waals surface area contributed by atoms with Crippen molar-refractivity contribution in [3.05, 3.63) is 69.9 Å². The van der Waals surface area contributed by atoms with Gasteiger partial charge in [-0.3, -0.25) is 4.79 Å². The van der Waals surface area contributed by atoms with E-state index in [2.05, 4.69) is 5.32 Å². The molecular formula is C18H14Cl2N2O2. The normalized spacial score (nSPS) is 10.6. The monoisotopic (exact) mass is 360 g/mol. The minimum atomic E-state index is -0.394. The average Bonchev–Trinajstić information content (AvgIpc) is 3.02. The molecule has 3 rings (SSSR count). The standard InChI is InChI=1S/C18H14Cl2N2O2/c1-10-5-6-14(13(21)9-10)22-18(23)16-8-7-15(24-16)11-3-2-4-12(19)17(11)20/h2-9H,21H2,1H3,(H,22,23). The molecule has 1 heterocycles. The fourth-order valence-corrected chi connectivity index (χ4v) is 2.67. The van der Waals surface area contributed by atoms with Gasteiger partial charge in [0.25, 0.3) is 5.91 Å². The van der Waals surface area contributed by atoms with E-state index >= 15 is 0 Å². The molecule has 0 saturated heterocycles. The number of furan rings is 1. The van der Waals surface area contributed by atoms with Gasteiger partial charge in [0.2, 0.25) is 0 Å². The first-order valence-corrected chi connectivity index (χ1v) is 7.93. The van der Waals surface area contributed by atoms with E-state index in [1.165, 1.54) is 0 Å². The van der Waals surface area contributed by atoms with Gasteiger partial charge >= 0.3 is 0 Å². The Labute approximate surface area is 149 Å². The summed E-state index contributed by atoms with van der Waals surface area (Å²) in [5, 5.41) is 3.53. The van der Waals surface area contributed by atoms with E-state index in [0.717, 1.165) is 5.56 Å². The fraction of sp³-hybridized carbons (Fsp3) is 0.0556. The lowest BCUT2D eigenvalue weighted by atomic mass is 10.2. The zero-order chi connectivity index (χ0) is 17.3. The quantitative estimate of drug-likeness (QED) is 0.614. The van der Waals surface area contributed by atoms with Crippen LogP contribution in [0.2, 0.25) is 10.0 Å². The van der Waals surface area contributed by atoms with Crippen molar-refractivity contribution in [2.75, 3.05) is 11.1 Å². The average molecular weight is 361 g/mol. The molecule has 0 saturated carbocycles. The van der Waals surface area contributed by atoms with Gasteiger partial charge in [0, 0.05) is 5.56 Å². The summed E-state index contributed by atoms with van der Waals surface area (Å²) in [6.45, 7) is 1.93. The molecule has 0 radical (unpaired) electrons. The van der Waals surface area contributed by atoms with Crippen LogP contribution in [0.5, 0.6) is 0 Å². The first kappa shape index (κ1) is 16.4. The van der Waals surface area contributed by atoms with Crippen LogP contribution in [0.1, 0.15) is 16.1 Å². The number of nitrogens with two attached hydrogens (primary N) is 1. The smallest absolute Gasteiger partial charge is 0.291 e. The molecule has 122 valence electrons. The number of benzene rings is 2. The summed E-state index contributed by atoms with van der Waals surface area (Å²) in [6, 6.07) is 13.9. The van der Waals surface area contributed by atoms with Gasteiger partial charge in [0.15, 0.2) is 5.76 Å². The largest absolute Gasteiger partial charge is 0.451 e. The Morgan fingerprint density at radius 3 is 2.67 bits per heavy atom. The van der Waals surface area contributed by atoms with Crippen molar-refractivity contribution in [2.24, 2.45) is 0 Å². The summed E-state index contributed by atoms with van der Waals surface area (Å²) >= 11 is 12.2. The second kappa shape index (κ2) is 6.59. The summed E-state index contributed by atoms with van der Waals surface area (Å²) in [6.07, 6.45) is 0. The Bertz CT molecular complexity index is 919. The van der Waals surface area contributed by atoms with E-state index in [4.69, 9.17) is 33.4 Å². The van der Waals surface area contributed by atoms with Crippen molar-refractivity contribution >= 4 is 40.5 Å². The molecule has 0 unspecified atom stereocenters. The van der Waals surface area contributed by atoms with Crippen LogP contribution < -0.4 is 11.1 Å². The Hall–Kier alpha value is -2.43. The third-order valence-corrected chi connectivity index (χ3v) is 4.32. The lowest BCUT2D eigenvalue weighted by molar-refractivity contribution is 0.0997. The van der Waals surface area contributed by atoms with Gasteiger partial charge < -0.3 is 15.5 Å². The Balaban J connectivity index is 1.85. The molecule has 0 atom stereocenters. The van der Waals surface area contributed by atoms with Gasteiger partial charge in [-0.2, -0.15) is 0 Å². The Morgan fingerprint density at radius 1 is 1.12 bits per heavy atom. The van der Waals surface area contributed by atoms with Crippen LogP contribution in [0, 0.1) is 6.92 Å². The molecule has 0 aliphatic carbocycles. The van der Waals surface area contributed by atoms with E-state index in [1.807, 2.05) is 13.0 Å². The van der Waals surface area contributed by atoms with E-state index in [-0.39, 0.29) is 5.76 Å².